The zero-order valence-corrected chi connectivity index (χ0v) is 16.4. The van der Waals surface area contributed by atoms with Gasteiger partial charge in [0.15, 0.2) is 5.82 Å². The number of nitrogens with one attached hydrogen (secondary N) is 1. The number of aryl methyl sites for hydroxylation is 1. The van der Waals surface area contributed by atoms with Crippen molar-refractivity contribution in [2.24, 2.45) is 16.5 Å². The van der Waals surface area contributed by atoms with Crippen molar-refractivity contribution in [3.8, 4) is 11.4 Å². The second kappa shape index (κ2) is 9.06. The third-order valence-corrected chi connectivity index (χ3v) is 4.87. The van der Waals surface area contributed by atoms with Gasteiger partial charge in [-0.15, -0.1) is 0 Å². The molecule has 1 heterocycles. The third kappa shape index (κ3) is 4.90. The largest absolute Gasteiger partial charge is 0.404 e. The van der Waals surface area contributed by atoms with Gasteiger partial charge < -0.3 is 16.8 Å². The van der Waals surface area contributed by atoms with E-state index in [9.17, 15) is 0 Å². The molecule has 0 fully saturated rings. The molecule has 6 nitrogen and oxygen atoms in total. The molecular formula is C19H22Cl2N6. The van der Waals surface area contributed by atoms with Crippen LogP contribution in [0.4, 0.5) is 5.82 Å². The van der Waals surface area contributed by atoms with E-state index in [4.69, 9.17) is 44.6 Å². The summed E-state index contributed by atoms with van der Waals surface area (Å²) in [4.78, 5) is 13.7. The molecule has 0 amide bonds. The molecule has 1 aromatic heterocycles. The Kier molecular flexibility index (Phi) is 6.53. The Labute approximate surface area is 168 Å². The van der Waals surface area contributed by atoms with Crippen LogP contribution in [0, 0.1) is 0 Å². The lowest BCUT2D eigenvalue weighted by atomic mass is 9.96. The molecule has 0 aliphatic heterocycles. The average molecular weight is 405 g/mol. The number of benzene rings is 1. The molecule has 3 rings (SSSR count). The summed E-state index contributed by atoms with van der Waals surface area (Å²) in [6, 6.07) is 5.35. The van der Waals surface area contributed by atoms with Gasteiger partial charge >= 0.3 is 0 Å². The van der Waals surface area contributed by atoms with Crippen molar-refractivity contribution in [2.75, 3.05) is 18.4 Å². The maximum absolute atomic E-state index is 6.36. The molecule has 2 aromatic rings. The summed E-state index contributed by atoms with van der Waals surface area (Å²) in [7, 11) is 0. The number of amidine groups is 1. The molecule has 0 saturated carbocycles. The number of aromatic nitrogens is 2. The first-order valence-electron chi connectivity index (χ1n) is 8.85. The number of fused-ring (bicyclic) bond motifs is 1. The second-order valence-corrected chi connectivity index (χ2v) is 7.09. The van der Waals surface area contributed by atoms with E-state index >= 15 is 0 Å². The Morgan fingerprint density at radius 1 is 1.22 bits per heavy atom. The zero-order valence-electron chi connectivity index (χ0n) is 14.9. The molecule has 1 aliphatic rings. The molecule has 142 valence electrons. The topological polar surface area (TPSA) is 102 Å². The molecule has 0 unspecified atom stereocenters. The molecule has 0 bridgehead atoms. The van der Waals surface area contributed by atoms with Gasteiger partial charge in [0.05, 0.1) is 11.6 Å². The fourth-order valence-corrected chi connectivity index (χ4v) is 3.54. The normalized spacial score (nSPS) is 14.4. The van der Waals surface area contributed by atoms with Crippen LogP contribution in [0.2, 0.25) is 10.0 Å². The van der Waals surface area contributed by atoms with E-state index in [-0.39, 0.29) is 0 Å². The number of hydrogen-bond acceptors (Lipinski definition) is 5. The van der Waals surface area contributed by atoms with Crippen molar-refractivity contribution in [2.45, 2.75) is 25.7 Å². The smallest absolute Gasteiger partial charge is 0.163 e. The lowest BCUT2D eigenvalue weighted by molar-refractivity contribution is 0.664. The first-order chi connectivity index (χ1) is 13.1. The summed E-state index contributed by atoms with van der Waals surface area (Å²) in [5.74, 6) is 1.84. The maximum atomic E-state index is 6.36. The average Bonchev–Trinajstić information content (AvgIpc) is 2.65. The molecular weight excluding hydrogens is 383 g/mol. The molecule has 0 radical (unpaired) electrons. The number of nitrogens with zero attached hydrogens (tertiary/aromatic N) is 3. The summed E-state index contributed by atoms with van der Waals surface area (Å²) in [6.45, 7) is 1.13. The second-order valence-electron chi connectivity index (χ2n) is 6.24. The minimum Gasteiger partial charge on any atom is -0.404 e. The SMILES string of the molecule is NC=CC(N)=NCCNc1nc(-c2ccc(Cl)cc2Cl)nc2c1CCCC2. The minimum atomic E-state index is 0.401. The molecule has 27 heavy (non-hydrogen) atoms. The van der Waals surface area contributed by atoms with Gasteiger partial charge in [-0.1, -0.05) is 23.2 Å². The van der Waals surface area contributed by atoms with Gasteiger partial charge in [-0.05, 0) is 56.2 Å². The van der Waals surface area contributed by atoms with Crippen LogP contribution in [0.5, 0.6) is 0 Å². The Morgan fingerprint density at radius 3 is 2.81 bits per heavy atom. The van der Waals surface area contributed by atoms with Crippen molar-refractivity contribution in [1.82, 2.24) is 9.97 Å². The molecule has 0 saturated heterocycles. The minimum absolute atomic E-state index is 0.401. The third-order valence-electron chi connectivity index (χ3n) is 4.32. The predicted octanol–water partition coefficient (Wildman–Crippen LogP) is 3.57. The Hall–Kier alpha value is -2.31. The highest BCUT2D eigenvalue weighted by molar-refractivity contribution is 6.36. The summed E-state index contributed by atoms with van der Waals surface area (Å²) < 4.78 is 0. The zero-order chi connectivity index (χ0) is 19.2. The Balaban J connectivity index is 1.87. The van der Waals surface area contributed by atoms with Crippen molar-refractivity contribution >= 4 is 34.9 Å². The number of anilines is 1. The molecule has 1 aromatic carbocycles. The maximum Gasteiger partial charge on any atom is 0.163 e. The van der Waals surface area contributed by atoms with Crippen LogP contribution in [0.25, 0.3) is 11.4 Å². The summed E-state index contributed by atoms with van der Waals surface area (Å²) in [6.07, 6.45) is 7.11. The van der Waals surface area contributed by atoms with Gasteiger partial charge in [-0.25, -0.2) is 9.97 Å². The quantitative estimate of drug-likeness (QED) is 0.387. The van der Waals surface area contributed by atoms with Crippen molar-refractivity contribution in [3.63, 3.8) is 0 Å². The number of nitrogens with two attached hydrogens (primary N) is 2. The van der Waals surface area contributed by atoms with Gasteiger partial charge in [-0.3, -0.25) is 4.99 Å². The van der Waals surface area contributed by atoms with Gasteiger partial charge in [0.1, 0.15) is 11.7 Å². The molecule has 0 atom stereocenters. The van der Waals surface area contributed by atoms with Crippen LogP contribution >= 0.6 is 23.2 Å². The van der Waals surface area contributed by atoms with Crippen LogP contribution in [0.15, 0.2) is 35.5 Å². The first-order valence-corrected chi connectivity index (χ1v) is 9.61. The first kappa shape index (κ1) is 19.5. The number of rotatable bonds is 6. The van der Waals surface area contributed by atoms with E-state index < -0.39 is 0 Å². The van der Waals surface area contributed by atoms with Crippen LogP contribution in [-0.2, 0) is 12.8 Å². The van der Waals surface area contributed by atoms with Crippen molar-refractivity contribution < 1.29 is 0 Å². The fourth-order valence-electron chi connectivity index (χ4n) is 3.04. The van der Waals surface area contributed by atoms with Crippen LogP contribution in [-0.4, -0.2) is 28.9 Å². The molecule has 1 aliphatic carbocycles. The van der Waals surface area contributed by atoms with Gasteiger partial charge in [0.25, 0.3) is 0 Å². The molecule has 5 N–H and O–H groups in total. The van der Waals surface area contributed by atoms with E-state index in [2.05, 4.69) is 10.3 Å². The number of halogens is 2. The summed E-state index contributed by atoms with van der Waals surface area (Å²) >= 11 is 12.4. The summed E-state index contributed by atoms with van der Waals surface area (Å²) in [5, 5.41) is 4.50. The summed E-state index contributed by atoms with van der Waals surface area (Å²) in [5.41, 5.74) is 14.0. The Bertz CT molecular complexity index is 879. The van der Waals surface area contributed by atoms with E-state index in [1.165, 1.54) is 11.8 Å². The highest BCUT2D eigenvalue weighted by Gasteiger charge is 2.19. The van der Waals surface area contributed by atoms with Gasteiger partial charge in [0.2, 0.25) is 0 Å². The van der Waals surface area contributed by atoms with Gasteiger partial charge in [0, 0.05) is 28.4 Å². The van der Waals surface area contributed by atoms with E-state index in [0.717, 1.165) is 42.8 Å². The van der Waals surface area contributed by atoms with E-state index in [1.807, 2.05) is 6.07 Å². The highest BCUT2D eigenvalue weighted by Crippen LogP contribution is 2.32. The van der Waals surface area contributed by atoms with Gasteiger partial charge in [-0.2, -0.15) is 0 Å². The van der Waals surface area contributed by atoms with Crippen LogP contribution in [0.3, 0.4) is 0 Å². The molecule has 8 heteroatoms. The van der Waals surface area contributed by atoms with Crippen molar-refractivity contribution in [3.05, 3.63) is 51.8 Å². The number of hydrogen-bond donors (Lipinski definition) is 3. The van der Waals surface area contributed by atoms with E-state index in [0.29, 0.717) is 34.8 Å². The lowest BCUT2D eigenvalue weighted by Crippen LogP contribution is -2.17. The van der Waals surface area contributed by atoms with Crippen molar-refractivity contribution in [1.29, 1.82) is 0 Å². The van der Waals surface area contributed by atoms with Crippen LogP contribution < -0.4 is 16.8 Å². The van der Waals surface area contributed by atoms with E-state index in [1.54, 1.807) is 18.2 Å². The number of aliphatic imine (C=N–C) groups is 1. The predicted molar refractivity (Wildman–Crippen MR) is 112 cm³/mol. The standard InChI is InChI=1S/C19H22Cl2N6/c20-12-5-6-13(15(21)11-12)19-26-16-4-2-1-3-14(16)18(27-19)25-10-9-24-17(23)7-8-22/h5-8,11H,1-4,9-10,22H2,(H2,23,24)(H,25,26,27). The van der Waals surface area contributed by atoms with Crippen LogP contribution in [0.1, 0.15) is 24.1 Å². The fraction of sp³-hybridized carbons (Fsp3) is 0.316. The lowest BCUT2D eigenvalue weighted by Gasteiger charge is -2.20. The monoisotopic (exact) mass is 404 g/mol. The molecule has 0 spiro atoms. The highest BCUT2D eigenvalue weighted by atomic mass is 35.5. The Morgan fingerprint density at radius 2 is 2.04 bits per heavy atom.